The van der Waals surface area contributed by atoms with Gasteiger partial charge in [-0.2, -0.15) is 0 Å². The van der Waals surface area contributed by atoms with Crippen LogP contribution in [-0.2, 0) is 25.8 Å². The molecule has 2 unspecified atom stereocenters. The Balaban J connectivity index is 1.63. The van der Waals surface area contributed by atoms with Gasteiger partial charge in [-0.25, -0.2) is 8.42 Å². The first-order valence-electron chi connectivity index (χ1n) is 17.4. The molecule has 12 heteroatoms. The molecule has 1 saturated carbocycles. The van der Waals surface area contributed by atoms with E-state index in [0.29, 0.717) is 30.6 Å². The number of rotatable bonds is 12. The molecule has 1 aliphatic carbocycles. The van der Waals surface area contributed by atoms with Crippen LogP contribution in [0.5, 0.6) is 0 Å². The number of amides is 3. The maximum Gasteiger partial charge on any atom is 0.287 e. The van der Waals surface area contributed by atoms with Crippen molar-refractivity contribution in [3.8, 4) is 0 Å². The van der Waals surface area contributed by atoms with Gasteiger partial charge in [0.05, 0.1) is 22.9 Å². The van der Waals surface area contributed by atoms with Crippen LogP contribution in [-0.4, -0.2) is 90.0 Å². The molecule has 2 aromatic rings. The standard InChI is InChI=1S/C37H56N4O7S/c1-23-18-31(48-24(23)2)34(44)39-32(37(6,7)49(8,46)47)35(45)38-28(19-25-14-10-9-11-15-25)30(42)22-41-21-27-17-13-12-16-26(27)20-29(41)33(43)40-36(3,4)5/h9-11,14-15,18,26-30,32,42H,12-13,16-17,19-22H2,1-8H3,(H,38,45)(H,39,44)(H,40,43)/t26?,27?,28-,29-,30+,32+/m0/s1. The molecule has 3 amide bonds. The number of β-amino-alcohol motifs (C(OH)–C–C–N with tert-alkyl or cyclic N) is 1. The lowest BCUT2D eigenvalue weighted by atomic mass is 9.72. The summed E-state index contributed by atoms with van der Waals surface area (Å²) in [5.74, 6) is -0.190. The van der Waals surface area contributed by atoms with Gasteiger partial charge >= 0.3 is 0 Å². The van der Waals surface area contributed by atoms with Crippen LogP contribution < -0.4 is 16.0 Å². The first-order chi connectivity index (χ1) is 22.8. The number of nitrogens with one attached hydrogen (secondary N) is 3. The fourth-order valence-corrected chi connectivity index (χ4v) is 7.66. The third-order valence-electron chi connectivity index (χ3n) is 10.4. The van der Waals surface area contributed by atoms with Crippen molar-refractivity contribution < 1.29 is 32.3 Å². The molecule has 0 bridgehead atoms. The van der Waals surface area contributed by atoms with Crippen molar-refractivity contribution in [2.24, 2.45) is 11.8 Å². The number of piperidine rings is 1. The zero-order valence-corrected chi connectivity index (χ0v) is 31.2. The van der Waals surface area contributed by atoms with Crippen molar-refractivity contribution in [2.75, 3.05) is 19.3 Å². The van der Waals surface area contributed by atoms with Crippen molar-refractivity contribution in [1.82, 2.24) is 20.9 Å². The van der Waals surface area contributed by atoms with Crippen LogP contribution in [0.15, 0.2) is 40.8 Å². The van der Waals surface area contributed by atoms with Gasteiger partial charge in [-0.05, 0) is 96.8 Å². The Morgan fingerprint density at radius 2 is 1.63 bits per heavy atom. The van der Waals surface area contributed by atoms with E-state index in [1.165, 1.54) is 19.9 Å². The number of sulfone groups is 1. The Kier molecular flexibility index (Phi) is 12.1. The fourth-order valence-electron chi connectivity index (χ4n) is 7.07. The molecule has 49 heavy (non-hydrogen) atoms. The number of nitrogens with zero attached hydrogens (tertiary/aromatic N) is 1. The van der Waals surface area contributed by atoms with Crippen LogP contribution in [0.3, 0.4) is 0 Å². The number of aliphatic hydroxyl groups is 1. The number of hydrogen-bond donors (Lipinski definition) is 4. The predicted octanol–water partition coefficient (Wildman–Crippen LogP) is 3.70. The van der Waals surface area contributed by atoms with Gasteiger partial charge in [-0.1, -0.05) is 49.6 Å². The summed E-state index contributed by atoms with van der Waals surface area (Å²) >= 11 is 0. The summed E-state index contributed by atoms with van der Waals surface area (Å²) in [7, 11) is -3.88. The van der Waals surface area contributed by atoms with E-state index in [9.17, 15) is 27.9 Å². The summed E-state index contributed by atoms with van der Waals surface area (Å²) in [6.07, 6.45) is 5.31. The van der Waals surface area contributed by atoms with Gasteiger partial charge in [-0.3, -0.25) is 19.3 Å². The second-order valence-corrected chi connectivity index (χ2v) is 18.3. The van der Waals surface area contributed by atoms with Crippen molar-refractivity contribution in [2.45, 2.75) is 122 Å². The number of furan rings is 1. The normalized spacial score (nSPS) is 22.3. The third kappa shape index (κ3) is 9.73. The van der Waals surface area contributed by atoms with Gasteiger partial charge in [0.1, 0.15) is 11.8 Å². The van der Waals surface area contributed by atoms with Gasteiger partial charge in [0.2, 0.25) is 11.8 Å². The zero-order chi connectivity index (χ0) is 36.3. The van der Waals surface area contributed by atoms with Crippen LogP contribution in [0.25, 0.3) is 0 Å². The monoisotopic (exact) mass is 700 g/mol. The van der Waals surface area contributed by atoms with Crippen molar-refractivity contribution >= 4 is 27.6 Å². The summed E-state index contributed by atoms with van der Waals surface area (Å²) in [4.78, 5) is 43.2. The van der Waals surface area contributed by atoms with E-state index >= 15 is 0 Å². The molecule has 4 N–H and O–H groups in total. The van der Waals surface area contributed by atoms with Gasteiger partial charge in [0.25, 0.3) is 5.91 Å². The van der Waals surface area contributed by atoms with Gasteiger partial charge in [0, 0.05) is 24.9 Å². The van der Waals surface area contributed by atoms with Crippen LogP contribution in [0.4, 0.5) is 0 Å². The summed E-state index contributed by atoms with van der Waals surface area (Å²) in [5, 5.41) is 20.6. The maximum atomic E-state index is 14.2. The number of fused-ring (bicyclic) bond motifs is 1. The van der Waals surface area contributed by atoms with Crippen LogP contribution in [0.2, 0.25) is 0 Å². The molecule has 6 atom stereocenters. The second kappa shape index (κ2) is 15.3. The Morgan fingerprint density at radius 3 is 2.20 bits per heavy atom. The lowest BCUT2D eigenvalue weighted by Gasteiger charge is -2.47. The molecule has 1 aromatic heterocycles. The van der Waals surface area contributed by atoms with Crippen molar-refractivity contribution in [3.05, 3.63) is 59.0 Å². The number of benzene rings is 1. The highest BCUT2D eigenvalue weighted by Gasteiger charge is 2.46. The molecule has 2 heterocycles. The predicted molar refractivity (Wildman–Crippen MR) is 190 cm³/mol. The molecule has 272 valence electrons. The molecule has 2 fully saturated rings. The minimum absolute atomic E-state index is 0.0383. The molecular formula is C37H56N4O7S. The van der Waals surface area contributed by atoms with E-state index in [-0.39, 0.29) is 24.6 Å². The number of carbonyl (C=O) groups is 3. The lowest BCUT2D eigenvalue weighted by Crippen LogP contribution is -2.64. The summed E-state index contributed by atoms with van der Waals surface area (Å²) in [6.45, 7) is 12.9. The Hall–Kier alpha value is -3.22. The fraction of sp³-hybridized carbons (Fsp3) is 0.649. The highest BCUT2D eigenvalue weighted by molar-refractivity contribution is 7.92. The van der Waals surface area contributed by atoms with E-state index in [4.69, 9.17) is 4.42 Å². The third-order valence-corrected chi connectivity index (χ3v) is 12.5. The SMILES string of the molecule is Cc1cc(C(=O)N[C@H](C(=O)N[C@@H](Cc2ccccc2)[C@H](O)CN2CC3CCCCC3C[C@H]2C(=O)NC(C)(C)C)C(C)(C)S(C)(=O)=O)oc1C. The van der Waals surface area contributed by atoms with Crippen molar-refractivity contribution in [1.29, 1.82) is 0 Å². The van der Waals surface area contributed by atoms with E-state index in [2.05, 4.69) is 20.9 Å². The Bertz CT molecular complexity index is 1560. The number of aliphatic hydroxyl groups excluding tert-OH is 1. The summed E-state index contributed by atoms with van der Waals surface area (Å²) < 4.78 is 29.9. The average molecular weight is 701 g/mol. The molecule has 2 aliphatic rings. The molecule has 1 aliphatic heterocycles. The first-order valence-corrected chi connectivity index (χ1v) is 19.3. The quantitative estimate of drug-likeness (QED) is 0.261. The number of carbonyl (C=O) groups excluding carboxylic acids is 3. The van der Waals surface area contributed by atoms with E-state index in [0.717, 1.165) is 43.1 Å². The smallest absolute Gasteiger partial charge is 0.287 e. The Labute approximate surface area is 291 Å². The number of hydrogen-bond acceptors (Lipinski definition) is 8. The molecule has 1 aromatic carbocycles. The second-order valence-electron chi connectivity index (χ2n) is 15.8. The molecule has 0 radical (unpaired) electrons. The highest BCUT2D eigenvalue weighted by atomic mass is 32.2. The molecular weight excluding hydrogens is 644 g/mol. The Morgan fingerprint density at radius 1 is 1.00 bits per heavy atom. The van der Waals surface area contributed by atoms with E-state index in [1.54, 1.807) is 13.8 Å². The van der Waals surface area contributed by atoms with E-state index in [1.807, 2.05) is 51.1 Å². The lowest BCUT2D eigenvalue weighted by molar-refractivity contribution is -0.133. The van der Waals surface area contributed by atoms with Crippen LogP contribution in [0.1, 0.15) is 94.2 Å². The average Bonchev–Trinajstić information content (AvgIpc) is 3.35. The number of aryl methyl sites for hydroxylation is 2. The topological polar surface area (TPSA) is 158 Å². The van der Waals surface area contributed by atoms with Gasteiger partial charge in [0.15, 0.2) is 15.6 Å². The van der Waals surface area contributed by atoms with Crippen molar-refractivity contribution in [3.63, 3.8) is 0 Å². The van der Waals surface area contributed by atoms with Crippen LogP contribution >= 0.6 is 0 Å². The maximum absolute atomic E-state index is 14.2. The summed E-state index contributed by atoms with van der Waals surface area (Å²) in [5.41, 5.74) is 1.17. The van der Waals surface area contributed by atoms with Crippen LogP contribution in [0, 0.1) is 25.7 Å². The zero-order valence-electron chi connectivity index (χ0n) is 30.3. The van der Waals surface area contributed by atoms with E-state index < -0.39 is 56.2 Å². The largest absolute Gasteiger partial charge is 0.456 e. The molecule has 1 saturated heterocycles. The van der Waals surface area contributed by atoms with Gasteiger partial charge in [-0.15, -0.1) is 0 Å². The van der Waals surface area contributed by atoms with Gasteiger partial charge < -0.3 is 25.5 Å². The minimum atomic E-state index is -3.88. The first kappa shape index (κ1) is 38.6. The highest BCUT2D eigenvalue weighted by Crippen LogP contribution is 2.39. The minimum Gasteiger partial charge on any atom is -0.456 e. The summed E-state index contributed by atoms with van der Waals surface area (Å²) in [6, 6.07) is 8.10. The number of likely N-dealkylation sites (tertiary alicyclic amines) is 1. The molecule has 11 nitrogen and oxygen atoms in total. The molecule has 4 rings (SSSR count). The molecule has 0 spiro atoms.